The van der Waals surface area contributed by atoms with Crippen LogP contribution in [0.1, 0.15) is 77.0 Å². The van der Waals surface area contributed by atoms with E-state index in [-0.39, 0.29) is 0 Å². The van der Waals surface area contributed by atoms with Gasteiger partial charge in [0.1, 0.15) is 0 Å². The average molecular weight is 324 g/mol. The Morgan fingerprint density at radius 3 is 1.50 bits per heavy atom. The lowest BCUT2D eigenvalue weighted by Gasteiger charge is -2.01. The van der Waals surface area contributed by atoms with Crippen molar-refractivity contribution in [3.63, 3.8) is 0 Å². The molecular formula is C24H35. The third-order valence-electron chi connectivity index (χ3n) is 4.18. The minimum Gasteiger partial charge on any atom is -0.0845 e. The summed E-state index contributed by atoms with van der Waals surface area (Å²) in [6, 6.07) is 0. The second kappa shape index (κ2) is 17.8. The van der Waals surface area contributed by atoms with Crippen LogP contribution in [0, 0.1) is 6.08 Å². The van der Waals surface area contributed by atoms with Gasteiger partial charge in [0.15, 0.2) is 0 Å². The summed E-state index contributed by atoms with van der Waals surface area (Å²) in [6.45, 7) is 0. The first-order chi connectivity index (χ1) is 12.0. The Kier molecular flexibility index (Phi) is 15.2. The van der Waals surface area contributed by atoms with Crippen LogP contribution in [0.3, 0.4) is 0 Å². The summed E-state index contributed by atoms with van der Waals surface area (Å²) < 4.78 is 0. The summed E-state index contributed by atoms with van der Waals surface area (Å²) in [5.74, 6) is 0. The molecule has 0 nitrogen and oxygen atoms in total. The smallest absolute Gasteiger partial charge is 0.0276 e. The van der Waals surface area contributed by atoms with Crippen molar-refractivity contribution in [3.8, 4) is 0 Å². The number of hydrogen-bond acceptors (Lipinski definition) is 0. The van der Waals surface area contributed by atoms with Crippen LogP contribution in [0.15, 0.2) is 66.8 Å². The Morgan fingerprint density at radius 2 is 0.875 bits per heavy atom. The highest BCUT2D eigenvalue weighted by Gasteiger charge is 1.92. The summed E-state index contributed by atoms with van der Waals surface area (Å²) in [4.78, 5) is 0. The van der Waals surface area contributed by atoms with Crippen molar-refractivity contribution in [2.24, 2.45) is 0 Å². The van der Waals surface area contributed by atoms with E-state index < -0.39 is 0 Å². The fourth-order valence-corrected chi connectivity index (χ4v) is 2.73. The highest BCUT2D eigenvalue weighted by atomic mass is 14.0. The number of allylic oxidation sites excluding steroid dienone is 12. The first-order valence-electron chi connectivity index (χ1n) is 9.88. The van der Waals surface area contributed by atoms with Crippen LogP contribution in [-0.2, 0) is 0 Å². The molecule has 0 aliphatic heterocycles. The second-order valence-corrected chi connectivity index (χ2v) is 6.41. The van der Waals surface area contributed by atoms with Crippen molar-refractivity contribution in [2.75, 3.05) is 0 Å². The van der Waals surface area contributed by atoms with E-state index in [1.165, 1.54) is 70.6 Å². The molecular weight excluding hydrogens is 288 g/mol. The van der Waals surface area contributed by atoms with Crippen molar-refractivity contribution < 1.29 is 0 Å². The lowest BCUT2D eigenvalue weighted by atomic mass is 10.0. The summed E-state index contributed by atoms with van der Waals surface area (Å²) in [7, 11) is 0. The van der Waals surface area contributed by atoms with Gasteiger partial charge in [0.05, 0.1) is 0 Å². The average Bonchev–Trinajstić information content (AvgIpc) is 2.59. The molecule has 0 heterocycles. The lowest BCUT2D eigenvalue weighted by Crippen LogP contribution is -1.82. The van der Waals surface area contributed by atoms with Crippen LogP contribution >= 0.6 is 0 Å². The SMILES string of the molecule is [C]1=C/C=C/C=C\C=C\C=C\C=C\CCCCCCCCCCCC/1. The molecule has 1 aliphatic carbocycles. The first-order valence-corrected chi connectivity index (χ1v) is 9.88. The maximum Gasteiger partial charge on any atom is -0.0276 e. The zero-order valence-electron chi connectivity index (χ0n) is 15.3. The molecule has 0 amide bonds. The van der Waals surface area contributed by atoms with Crippen LogP contribution in [0.25, 0.3) is 0 Å². The fraction of sp³-hybridized carbons (Fsp3) is 0.500. The summed E-state index contributed by atoms with van der Waals surface area (Å²) in [6.07, 6.45) is 42.5. The van der Waals surface area contributed by atoms with E-state index in [0.29, 0.717) is 0 Å². The Bertz CT molecular complexity index is 387. The van der Waals surface area contributed by atoms with E-state index >= 15 is 0 Å². The third-order valence-corrected chi connectivity index (χ3v) is 4.18. The fourth-order valence-electron chi connectivity index (χ4n) is 2.73. The highest BCUT2D eigenvalue weighted by Crippen LogP contribution is 2.12. The van der Waals surface area contributed by atoms with Crippen molar-refractivity contribution >= 4 is 0 Å². The largest absolute Gasteiger partial charge is 0.0845 e. The van der Waals surface area contributed by atoms with Crippen molar-refractivity contribution in [2.45, 2.75) is 77.0 Å². The quantitative estimate of drug-likeness (QED) is 0.426. The first kappa shape index (κ1) is 20.5. The summed E-state index contributed by atoms with van der Waals surface area (Å²) >= 11 is 0. The molecule has 0 aromatic carbocycles. The Labute approximate surface area is 150 Å². The molecule has 0 saturated heterocycles. The van der Waals surface area contributed by atoms with Crippen molar-refractivity contribution in [1.82, 2.24) is 0 Å². The van der Waals surface area contributed by atoms with E-state index in [2.05, 4.69) is 66.8 Å². The molecule has 0 aromatic heterocycles. The molecule has 0 saturated carbocycles. The van der Waals surface area contributed by atoms with Gasteiger partial charge in [-0.15, -0.1) is 0 Å². The molecule has 24 heavy (non-hydrogen) atoms. The Balaban J connectivity index is 2.31. The van der Waals surface area contributed by atoms with Crippen LogP contribution < -0.4 is 0 Å². The third kappa shape index (κ3) is 15.3. The normalized spacial score (nSPS) is 28.0. The van der Waals surface area contributed by atoms with Gasteiger partial charge in [0, 0.05) is 0 Å². The second-order valence-electron chi connectivity index (χ2n) is 6.41. The molecule has 1 radical (unpaired) electrons. The van der Waals surface area contributed by atoms with Gasteiger partial charge in [-0.3, -0.25) is 0 Å². The molecule has 0 spiro atoms. The molecule has 0 N–H and O–H groups in total. The molecule has 1 aliphatic rings. The van der Waals surface area contributed by atoms with Gasteiger partial charge in [0.25, 0.3) is 0 Å². The monoisotopic (exact) mass is 323 g/mol. The highest BCUT2D eigenvalue weighted by molar-refractivity contribution is 5.19. The van der Waals surface area contributed by atoms with Crippen molar-refractivity contribution in [1.29, 1.82) is 0 Å². The predicted molar refractivity (Wildman–Crippen MR) is 109 cm³/mol. The standard InChI is InChI=1S/C24H35/c1-2-4-6-8-10-12-14-16-18-20-22-24-23-21-19-17-15-13-11-9-7-5-3-1/h1-11H,12,14-24H2/b2-1+,5-3-,6-4+,9-7+,10-8+,13-11?. The zero-order valence-corrected chi connectivity index (χ0v) is 15.3. The van der Waals surface area contributed by atoms with E-state index in [4.69, 9.17) is 0 Å². The maximum atomic E-state index is 3.35. The van der Waals surface area contributed by atoms with Crippen LogP contribution in [-0.4, -0.2) is 0 Å². The van der Waals surface area contributed by atoms with Gasteiger partial charge in [-0.05, 0) is 31.8 Å². The Hall–Kier alpha value is -1.56. The van der Waals surface area contributed by atoms with Crippen LogP contribution in [0.2, 0.25) is 0 Å². The molecule has 0 atom stereocenters. The van der Waals surface area contributed by atoms with E-state index in [9.17, 15) is 0 Å². The van der Waals surface area contributed by atoms with E-state index in [0.717, 1.165) is 6.42 Å². The lowest BCUT2D eigenvalue weighted by molar-refractivity contribution is 0.553. The minimum absolute atomic E-state index is 1.09. The molecule has 1 rings (SSSR count). The Morgan fingerprint density at radius 1 is 0.417 bits per heavy atom. The molecule has 0 bridgehead atoms. The molecule has 0 aromatic rings. The summed E-state index contributed by atoms with van der Waals surface area (Å²) in [5, 5.41) is 0. The van der Waals surface area contributed by atoms with Gasteiger partial charge >= 0.3 is 0 Å². The minimum atomic E-state index is 1.09. The maximum absolute atomic E-state index is 3.35. The molecule has 0 heteroatoms. The van der Waals surface area contributed by atoms with Crippen LogP contribution in [0.5, 0.6) is 0 Å². The number of hydrogen-bond donors (Lipinski definition) is 0. The summed E-state index contributed by atoms with van der Waals surface area (Å²) in [5.41, 5.74) is 0. The van der Waals surface area contributed by atoms with Gasteiger partial charge in [-0.2, -0.15) is 0 Å². The van der Waals surface area contributed by atoms with E-state index in [1.807, 2.05) is 6.08 Å². The number of rotatable bonds is 0. The van der Waals surface area contributed by atoms with Gasteiger partial charge in [-0.25, -0.2) is 0 Å². The molecule has 0 unspecified atom stereocenters. The predicted octanol–water partition coefficient (Wildman–Crippen LogP) is 7.82. The van der Waals surface area contributed by atoms with E-state index in [1.54, 1.807) is 0 Å². The van der Waals surface area contributed by atoms with Crippen LogP contribution in [0.4, 0.5) is 0 Å². The van der Waals surface area contributed by atoms with Gasteiger partial charge in [-0.1, -0.05) is 118 Å². The van der Waals surface area contributed by atoms with Gasteiger partial charge in [0.2, 0.25) is 0 Å². The molecule has 0 fully saturated rings. The molecule has 131 valence electrons. The zero-order chi connectivity index (χ0) is 17.0. The van der Waals surface area contributed by atoms with Crippen molar-refractivity contribution in [3.05, 3.63) is 72.9 Å². The topological polar surface area (TPSA) is 0 Å². The van der Waals surface area contributed by atoms with Gasteiger partial charge < -0.3 is 0 Å².